The van der Waals surface area contributed by atoms with Gasteiger partial charge in [-0.05, 0) is 19.1 Å². The van der Waals surface area contributed by atoms with Crippen molar-refractivity contribution in [3.63, 3.8) is 0 Å². The van der Waals surface area contributed by atoms with Gasteiger partial charge in [-0.25, -0.2) is 0 Å². The minimum atomic E-state index is 0.0664. The SMILES string of the molecule is NC1C#CC/N=C\CC1. The molecule has 1 rings (SSSR count). The maximum Gasteiger partial charge on any atom is 0.0994 e. The lowest BCUT2D eigenvalue weighted by atomic mass is 10.2. The molecule has 0 amide bonds. The molecule has 0 fully saturated rings. The first-order valence-corrected chi connectivity index (χ1v) is 3.12. The van der Waals surface area contributed by atoms with E-state index in [1.807, 2.05) is 6.21 Å². The molecule has 2 nitrogen and oxygen atoms in total. The zero-order valence-electron chi connectivity index (χ0n) is 5.30. The van der Waals surface area contributed by atoms with Crippen LogP contribution in [0.5, 0.6) is 0 Å². The van der Waals surface area contributed by atoms with E-state index in [1.54, 1.807) is 0 Å². The van der Waals surface area contributed by atoms with Crippen LogP contribution < -0.4 is 5.73 Å². The monoisotopic (exact) mass is 122 g/mol. The summed E-state index contributed by atoms with van der Waals surface area (Å²) in [7, 11) is 0. The van der Waals surface area contributed by atoms with Gasteiger partial charge >= 0.3 is 0 Å². The molecular weight excluding hydrogens is 112 g/mol. The Hall–Kier alpha value is -0.810. The van der Waals surface area contributed by atoms with Gasteiger partial charge in [0.15, 0.2) is 0 Å². The quantitative estimate of drug-likeness (QED) is 0.457. The van der Waals surface area contributed by atoms with Crippen molar-refractivity contribution in [3.8, 4) is 11.8 Å². The maximum atomic E-state index is 5.57. The third kappa shape index (κ3) is 2.29. The van der Waals surface area contributed by atoms with Gasteiger partial charge in [0.05, 0.1) is 12.6 Å². The second kappa shape index (κ2) is 3.26. The summed E-state index contributed by atoms with van der Waals surface area (Å²) in [5, 5.41) is 0. The van der Waals surface area contributed by atoms with Gasteiger partial charge in [-0.1, -0.05) is 11.8 Å². The summed E-state index contributed by atoms with van der Waals surface area (Å²) < 4.78 is 0. The van der Waals surface area contributed by atoms with Crippen molar-refractivity contribution < 1.29 is 0 Å². The van der Waals surface area contributed by atoms with Crippen LogP contribution in [-0.4, -0.2) is 18.8 Å². The molecule has 2 N–H and O–H groups in total. The average Bonchev–Trinajstić information content (AvgIpc) is 1.79. The number of nitrogens with two attached hydrogens (primary N) is 1. The Morgan fingerprint density at radius 1 is 1.67 bits per heavy atom. The van der Waals surface area contributed by atoms with E-state index in [9.17, 15) is 0 Å². The highest BCUT2D eigenvalue weighted by Crippen LogP contribution is 1.92. The van der Waals surface area contributed by atoms with Gasteiger partial charge in [-0.15, -0.1) is 0 Å². The van der Waals surface area contributed by atoms with Gasteiger partial charge in [-0.3, -0.25) is 4.99 Å². The van der Waals surface area contributed by atoms with Crippen molar-refractivity contribution in [3.05, 3.63) is 0 Å². The lowest BCUT2D eigenvalue weighted by Crippen LogP contribution is -2.17. The fraction of sp³-hybridized carbons (Fsp3) is 0.571. The molecule has 1 aliphatic rings. The van der Waals surface area contributed by atoms with E-state index in [4.69, 9.17) is 5.73 Å². The Balaban J connectivity index is 2.48. The summed E-state index contributed by atoms with van der Waals surface area (Å²) in [5.74, 6) is 5.76. The molecule has 0 radical (unpaired) electrons. The largest absolute Gasteiger partial charge is 0.318 e. The van der Waals surface area contributed by atoms with E-state index in [1.165, 1.54) is 0 Å². The van der Waals surface area contributed by atoms with Crippen LogP contribution in [0.25, 0.3) is 0 Å². The highest BCUT2D eigenvalue weighted by atomic mass is 14.7. The lowest BCUT2D eigenvalue weighted by Gasteiger charge is -2.00. The van der Waals surface area contributed by atoms with E-state index in [-0.39, 0.29) is 6.04 Å². The van der Waals surface area contributed by atoms with Gasteiger partial charge in [0, 0.05) is 0 Å². The summed E-state index contributed by atoms with van der Waals surface area (Å²) in [4.78, 5) is 4.01. The lowest BCUT2D eigenvalue weighted by molar-refractivity contribution is 0.769. The molecule has 9 heavy (non-hydrogen) atoms. The molecule has 1 atom stereocenters. The third-order valence-electron chi connectivity index (χ3n) is 1.19. The normalized spacial score (nSPS) is 29.2. The van der Waals surface area contributed by atoms with Crippen molar-refractivity contribution >= 4 is 6.21 Å². The molecule has 1 heterocycles. The van der Waals surface area contributed by atoms with Gasteiger partial charge in [0.25, 0.3) is 0 Å². The van der Waals surface area contributed by atoms with Crippen LogP contribution in [0, 0.1) is 11.8 Å². The van der Waals surface area contributed by atoms with Gasteiger partial charge < -0.3 is 5.73 Å². The molecule has 0 bridgehead atoms. The molecule has 0 spiro atoms. The van der Waals surface area contributed by atoms with Crippen molar-refractivity contribution in [2.45, 2.75) is 18.9 Å². The standard InChI is InChI=1S/C7H10N2/c8-7-3-1-5-9-6-2-4-7/h5,7H,1,3,6,8H2/b9-5-. The Bertz CT molecular complexity index is 161. The molecule has 0 aromatic rings. The van der Waals surface area contributed by atoms with Crippen molar-refractivity contribution in [2.75, 3.05) is 6.54 Å². The van der Waals surface area contributed by atoms with E-state index >= 15 is 0 Å². The average molecular weight is 122 g/mol. The summed E-state index contributed by atoms with van der Waals surface area (Å²) in [6.07, 6.45) is 3.81. The van der Waals surface area contributed by atoms with Crippen LogP contribution in [0.15, 0.2) is 4.99 Å². The smallest absolute Gasteiger partial charge is 0.0994 e. The number of hydrogen-bond acceptors (Lipinski definition) is 2. The summed E-state index contributed by atoms with van der Waals surface area (Å²) in [6, 6.07) is 0.0664. The molecule has 2 heteroatoms. The molecule has 0 saturated carbocycles. The predicted octanol–water partition coefficient (Wildman–Crippen LogP) is 0.182. The fourth-order valence-corrected chi connectivity index (χ4v) is 0.704. The second-order valence-corrected chi connectivity index (χ2v) is 2.03. The van der Waals surface area contributed by atoms with Crippen LogP contribution in [0.1, 0.15) is 12.8 Å². The zero-order chi connectivity index (χ0) is 6.53. The zero-order valence-corrected chi connectivity index (χ0v) is 5.30. The highest BCUT2D eigenvalue weighted by Gasteiger charge is 1.95. The van der Waals surface area contributed by atoms with E-state index in [0.717, 1.165) is 12.8 Å². The highest BCUT2D eigenvalue weighted by molar-refractivity contribution is 5.57. The van der Waals surface area contributed by atoms with Crippen LogP contribution in [0.3, 0.4) is 0 Å². The first kappa shape index (κ1) is 6.31. The van der Waals surface area contributed by atoms with Gasteiger partial charge in [-0.2, -0.15) is 0 Å². The fourth-order valence-electron chi connectivity index (χ4n) is 0.704. The summed E-state index contributed by atoms with van der Waals surface area (Å²) >= 11 is 0. The van der Waals surface area contributed by atoms with Crippen LogP contribution in [0.4, 0.5) is 0 Å². The number of rotatable bonds is 0. The molecular formula is C7H10N2. The van der Waals surface area contributed by atoms with Crippen molar-refractivity contribution in [1.29, 1.82) is 0 Å². The number of hydrogen-bond donors (Lipinski definition) is 1. The molecule has 0 saturated heterocycles. The Labute approximate surface area is 55.2 Å². The van der Waals surface area contributed by atoms with Gasteiger partial charge in [0.1, 0.15) is 0 Å². The van der Waals surface area contributed by atoms with Crippen LogP contribution in [-0.2, 0) is 0 Å². The van der Waals surface area contributed by atoms with E-state index < -0.39 is 0 Å². The molecule has 48 valence electrons. The third-order valence-corrected chi connectivity index (χ3v) is 1.19. The van der Waals surface area contributed by atoms with Crippen LogP contribution >= 0.6 is 0 Å². The number of aliphatic imine (C=N–C) groups is 1. The first-order valence-electron chi connectivity index (χ1n) is 3.12. The van der Waals surface area contributed by atoms with Crippen molar-refractivity contribution in [2.24, 2.45) is 10.7 Å². The Morgan fingerprint density at radius 3 is 3.44 bits per heavy atom. The summed E-state index contributed by atoms with van der Waals surface area (Å²) in [6.45, 7) is 0.619. The molecule has 0 aromatic heterocycles. The number of nitrogens with zero attached hydrogens (tertiary/aromatic N) is 1. The molecule has 0 aliphatic carbocycles. The minimum Gasteiger partial charge on any atom is -0.318 e. The Morgan fingerprint density at radius 2 is 2.56 bits per heavy atom. The first-order chi connectivity index (χ1) is 4.39. The van der Waals surface area contributed by atoms with E-state index in [0.29, 0.717) is 6.54 Å². The van der Waals surface area contributed by atoms with Crippen molar-refractivity contribution in [1.82, 2.24) is 0 Å². The summed E-state index contributed by atoms with van der Waals surface area (Å²) in [5.41, 5.74) is 5.57. The van der Waals surface area contributed by atoms with Gasteiger partial charge in [0.2, 0.25) is 0 Å². The Kier molecular flexibility index (Phi) is 2.29. The molecule has 0 aromatic carbocycles. The maximum absolute atomic E-state index is 5.57. The topological polar surface area (TPSA) is 38.4 Å². The van der Waals surface area contributed by atoms with E-state index in [2.05, 4.69) is 16.8 Å². The molecule has 1 unspecified atom stereocenters. The molecule has 1 aliphatic heterocycles. The van der Waals surface area contributed by atoms with Crippen LogP contribution in [0.2, 0.25) is 0 Å². The minimum absolute atomic E-state index is 0.0664. The second-order valence-electron chi connectivity index (χ2n) is 2.03. The predicted molar refractivity (Wildman–Crippen MR) is 38.3 cm³/mol.